The van der Waals surface area contributed by atoms with Crippen molar-refractivity contribution in [1.82, 2.24) is 5.32 Å². The number of anilines is 1. The number of para-hydroxylation sites is 2. The SMILES string of the molecule is COc1cc(C)c([C@H](C)NC(=O)[C@H]2CN(S(C)(=O)=O)c3ccccc3O2)cc1C(C)C. The number of methoxy groups -OCH3 is 1. The van der Waals surface area contributed by atoms with Crippen LogP contribution in [0.5, 0.6) is 11.5 Å². The van der Waals surface area contributed by atoms with Crippen molar-refractivity contribution in [3.8, 4) is 11.5 Å². The van der Waals surface area contributed by atoms with Gasteiger partial charge in [-0.3, -0.25) is 9.10 Å². The Labute approximate surface area is 184 Å². The third-order valence-electron chi connectivity index (χ3n) is 5.49. The number of hydrogen-bond acceptors (Lipinski definition) is 5. The molecular weight excluding hydrogens is 416 g/mol. The summed E-state index contributed by atoms with van der Waals surface area (Å²) in [7, 11) is -1.91. The number of carbonyl (C=O) groups is 1. The standard InChI is InChI=1S/C23H30N2O5S/c1-14(2)17-12-18(15(3)11-21(17)29-5)16(4)24-23(26)22-13-25(31(6,27)28)19-9-7-8-10-20(19)30-22/h7-12,14,16,22H,13H2,1-6H3,(H,24,26)/t16-,22+/m0/s1. The van der Waals surface area contributed by atoms with Crippen LogP contribution in [-0.4, -0.2) is 40.3 Å². The van der Waals surface area contributed by atoms with Crippen LogP contribution in [-0.2, 0) is 14.8 Å². The molecule has 0 saturated heterocycles. The van der Waals surface area contributed by atoms with Gasteiger partial charge in [0, 0.05) is 0 Å². The number of carbonyl (C=O) groups excluding carboxylic acids is 1. The van der Waals surface area contributed by atoms with E-state index in [0.29, 0.717) is 11.4 Å². The van der Waals surface area contributed by atoms with Crippen LogP contribution in [0.3, 0.4) is 0 Å². The normalized spacial score (nSPS) is 17.0. The highest BCUT2D eigenvalue weighted by molar-refractivity contribution is 7.92. The second kappa shape index (κ2) is 8.78. The minimum Gasteiger partial charge on any atom is -0.496 e. The van der Waals surface area contributed by atoms with Crippen molar-refractivity contribution < 1.29 is 22.7 Å². The fourth-order valence-electron chi connectivity index (χ4n) is 3.85. The van der Waals surface area contributed by atoms with Gasteiger partial charge in [-0.1, -0.05) is 26.0 Å². The van der Waals surface area contributed by atoms with Crippen molar-refractivity contribution >= 4 is 21.6 Å². The summed E-state index contributed by atoms with van der Waals surface area (Å²) in [6.45, 7) is 7.99. The van der Waals surface area contributed by atoms with Gasteiger partial charge in [-0.25, -0.2) is 8.42 Å². The number of nitrogens with zero attached hydrogens (tertiary/aromatic N) is 1. The van der Waals surface area contributed by atoms with E-state index in [4.69, 9.17) is 9.47 Å². The first-order valence-corrected chi connectivity index (χ1v) is 12.1. The fourth-order valence-corrected chi connectivity index (χ4v) is 4.76. The third-order valence-corrected chi connectivity index (χ3v) is 6.64. The highest BCUT2D eigenvalue weighted by Crippen LogP contribution is 2.35. The van der Waals surface area contributed by atoms with Gasteiger partial charge < -0.3 is 14.8 Å². The molecule has 7 nitrogen and oxygen atoms in total. The molecule has 0 fully saturated rings. The van der Waals surface area contributed by atoms with Crippen LogP contribution < -0.4 is 19.1 Å². The Morgan fingerprint density at radius 1 is 1.19 bits per heavy atom. The molecule has 1 aliphatic rings. The van der Waals surface area contributed by atoms with Gasteiger partial charge in [0.2, 0.25) is 10.0 Å². The molecule has 31 heavy (non-hydrogen) atoms. The van der Waals surface area contributed by atoms with Crippen molar-refractivity contribution in [3.63, 3.8) is 0 Å². The Morgan fingerprint density at radius 3 is 2.48 bits per heavy atom. The van der Waals surface area contributed by atoms with Gasteiger partial charge >= 0.3 is 0 Å². The lowest BCUT2D eigenvalue weighted by Gasteiger charge is -2.34. The average Bonchev–Trinajstić information content (AvgIpc) is 2.71. The number of benzene rings is 2. The first-order chi connectivity index (χ1) is 14.5. The predicted octanol–water partition coefficient (Wildman–Crippen LogP) is 3.53. The molecule has 0 saturated carbocycles. The number of hydrogen-bond donors (Lipinski definition) is 1. The van der Waals surface area contributed by atoms with Crippen LogP contribution in [0, 0.1) is 6.92 Å². The summed E-state index contributed by atoms with van der Waals surface area (Å²) in [5.74, 6) is 1.09. The van der Waals surface area contributed by atoms with Crippen molar-refractivity contribution in [2.45, 2.75) is 45.8 Å². The van der Waals surface area contributed by atoms with E-state index in [1.165, 1.54) is 4.31 Å². The molecule has 1 N–H and O–H groups in total. The molecule has 0 unspecified atom stereocenters. The van der Waals surface area contributed by atoms with Crippen LogP contribution in [0.2, 0.25) is 0 Å². The van der Waals surface area contributed by atoms with Crippen LogP contribution in [0.4, 0.5) is 5.69 Å². The molecule has 8 heteroatoms. The second-order valence-electron chi connectivity index (χ2n) is 8.20. The lowest BCUT2D eigenvalue weighted by molar-refractivity contribution is -0.128. The molecule has 2 aromatic carbocycles. The summed E-state index contributed by atoms with van der Waals surface area (Å²) in [5.41, 5.74) is 3.49. The lowest BCUT2D eigenvalue weighted by Crippen LogP contribution is -2.50. The maximum absolute atomic E-state index is 13.0. The minimum absolute atomic E-state index is 0.0762. The Kier molecular flexibility index (Phi) is 6.50. The Bertz CT molecular complexity index is 1080. The van der Waals surface area contributed by atoms with Crippen LogP contribution in [0.15, 0.2) is 36.4 Å². The molecule has 0 bridgehead atoms. The molecule has 0 aliphatic carbocycles. The maximum atomic E-state index is 13.0. The Hall–Kier alpha value is -2.74. The summed E-state index contributed by atoms with van der Waals surface area (Å²) >= 11 is 0. The highest BCUT2D eigenvalue weighted by atomic mass is 32.2. The van der Waals surface area contributed by atoms with Gasteiger partial charge in [-0.2, -0.15) is 0 Å². The first kappa shape index (κ1) is 22.9. The maximum Gasteiger partial charge on any atom is 0.263 e. The van der Waals surface area contributed by atoms with E-state index in [2.05, 4.69) is 25.2 Å². The smallest absolute Gasteiger partial charge is 0.263 e. The Balaban J connectivity index is 1.84. The quantitative estimate of drug-likeness (QED) is 0.734. The largest absolute Gasteiger partial charge is 0.496 e. The summed E-state index contributed by atoms with van der Waals surface area (Å²) in [6, 6.07) is 10.6. The molecule has 1 amide bonds. The lowest BCUT2D eigenvalue weighted by atomic mass is 9.93. The summed E-state index contributed by atoms with van der Waals surface area (Å²) in [5, 5.41) is 2.99. The number of sulfonamides is 1. The van der Waals surface area contributed by atoms with E-state index < -0.39 is 16.1 Å². The number of amides is 1. The van der Waals surface area contributed by atoms with E-state index in [1.54, 1.807) is 31.4 Å². The van der Waals surface area contributed by atoms with Crippen molar-refractivity contribution in [1.29, 1.82) is 0 Å². The molecule has 2 atom stereocenters. The zero-order chi connectivity index (χ0) is 22.9. The second-order valence-corrected chi connectivity index (χ2v) is 10.1. The number of ether oxygens (including phenoxy) is 2. The monoisotopic (exact) mass is 446 g/mol. The van der Waals surface area contributed by atoms with Crippen LogP contribution >= 0.6 is 0 Å². The van der Waals surface area contributed by atoms with Gasteiger partial charge in [0.15, 0.2) is 6.10 Å². The molecule has 1 aliphatic heterocycles. The predicted molar refractivity (Wildman–Crippen MR) is 121 cm³/mol. The zero-order valence-electron chi connectivity index (χ0n) is 18.8. The third kappa shape index (κ3) is 4.79. The van der Waals surface area contributed by atoms with Gasteiger partial charge in [-0.15, -0.1) is 0 Å². The number of fused-ring (bicyclic) bond motifs is 1. The van der Waals surface area contributed by atoms with Gasteiger partial charge in [0.1, 0.15) is 11.5 Å². The van der Waals surface area contributed by atoms with Gasteiger partial charge in [0.25, 0.3) is 5.91 Å². The van der Waals surface area contributed by atoms with Crippen molar-refractivity contribution in [2.75, 3.05) is 24.2 Å². The molecule has 0 radical (unpaired) electrons. The topological polar surface area (TPSA) is 84.9 Å². The average molecular weight is 447 g/mol. The molecule has 0 spiro atoms. The molecule has 168 valence electrons. The number of nitrogens with one attached hydrogen (secondary N) is 1. The van der Waals surface area contributed by atoms with Crippen molar-refractivity contribution in [2.24, 2.45) is 0 Å². The van der Waals surface area contributed by atoms with E-state index in [0.717, 1.165) is 28.7 Å². The number of rotatable bonds is 6. The van der Waals surface area contributed by atoms with E-state index in [-0.39, 0.29) is 24.4 Å². The van der Waals surface area contributed by atoms with Crippen LogP contribution in [0.25, 0.3) is 0 Å². The van der Waals surface area contributed by atoms with Crippen molar-refractivity contribution in [3.05, 3.63) is 53.1 Å². The van der Waals surface area contributed by atoms with E-state index >= 15 is 0 Å². The van der Waals surface area contributed by atoms with Crippen LogP contribution in [0.1, 0.15) is 49.4 Å². The summed E-state index contributed by atoms with van der Waals surface area (Å²) in [4.78, 5) is 13.0. The fraction of sp³-hybridized carbons (Fsp3) is 0.435. The first-order valence-electron chi connectivity index (χ1n) is 10.2. The molecule has 2 aromatic rings. The molecule has 1 heterocycles. The molecule has 3 rings (SSSR count). The van der Waals surface area contributed by atoms with Gasteiger partial charge in [0.05, 0.1) is 31.6 Å². The highest BCUT2D eigenvalue weighted by Gasteiger charge is 2.35. The summed E-state index contributed by atoms with van der Waals surface area (Å²) in [6.07, 6.45) is 0.177. The molecule has 0 aromatic heterocycles. The minimum atomic E-state index is -3.56. The van der Waals surface area contributed by atoms with Gasteiger partial charge in [-0.05, 0) is 60.7 Å². The summed E-state index contributed by atoms with van der Waals surface area (Å²) < 4.78 is 37.2. The van der Waals surface area contributed by atoms with E-state index in [1.807, 2.05) is 19.9 Å². The van der Waals surface area contributed by atoms with E-state index in [9.17, 15) is 13.2 Å². The molecular formula is C23H30N2O5S. The Morgan fingerprint density at radius 2 is 1.87 bits per heavy atom. The zero-order valence-corrected chi connectivity index (χ0v) is 19.6. The number of aryl methyl sites for hydroxylation is 1.